The molecule has 2 aromatic carbocycles. The smallest absolute Gasteiger partial charge is 0.251 e. The third-order valence-corrected chi connectivity index (χ3v) is 4.60. The lowest BCUT2D eigenvalue weighted by molar-refractivity contribution is 0.0956. The lowest BCUT2D eigenvalue weighted by Crippen LogP contribution is -2.25. The number of hydrogen-bond donors (Lipinski definition) is 1. The van der Waals surface area contributed by atoms with Crippen molar-refractivity contribution in [3.05, 3.63) is 65.5 Å². The van der Waals surface area contributed by atoms with Gasteiger partial charge in [-0.05, 0) is 42.9 Å². The van der Waals surface area contributed by atoms with Crippen LogP contribution >= 0.6 is 11.8 Å². The fraction of sp³-hybridized carbons (Fsp3) is 0.300. The molecule has 0 saturated carbocycles. The molecule has 25 heavy (non-hydrogen) atoms. The summed E-state index contributed by atoms with van der Waals surface area (Å²) >= 11 is 1.71. The molecule has 4 nitrogen and oxygen atoms in total. The van der Waals surface area contributed by atoms with Gasteiger partial charge >= 0.3 is 0 Å². The van der Waals surface area contributed by atoms with Gasteiger partial charge in [0, 0.05) is 24.3 Å². The van der Waals surface area contributed by atoms with Crippen molar-refractivity contribution in [2.45, 2.75) is 19.3 Å². The summed E-state index contributed by atoms with van der Waals surface area (Å²) in [5.41, 5.74) is 3.42. The van der Waals surface area contributed by atoms with Crippen LogP contribution < -0.4 is 5.32 Å². The lowest BCUT2D eigenvalue weighted by Gasteiger charge is -2.03. The van der Waals surface area contributed by atoms with Crippen LogP contribution in [0.1, 0.15) is 28.2 Å². The van der Waals surface area contributed by atoms with Crippen molar-refractivity contribution >= 4 is 28.8 Å². The highest BCUT2D eigenvalue weighted by Crippen LogP contribution is 2.19. The summed E-state index contributed by atoms with van der Waals surface area (Å²) in [6.45, 7) is 0.668. The number of aromatic nitrogens is 1. The molecule has 1 heterocycles. The van der Waals surface area contributed by atoms with Crippen molar-refractivity contribution in [2.24, 2.45) is 0 Å². The minimum absolute atomic E-state index is 0.0652. The molecule has 1 amide bonds. The number of carbonyl (C=O) groups is 1. The zero-order valence-corrected chi connectivity index (χ0v) is 15.1. The second kappa shape index (κ2) is 8.72. The zero-order valence-electron chi connectivity index (χ0n) is 14.3. The van der Waals surface area contributed by atoms with Gasteiger partial charge in [-0.1, -0.05) is 30.3 Å². The number of nitrogens with zero attached hydrogens (tertiary/aromatic N) is 1. The molecule has 0 atom stereocenters. The number of fused-ring (bicyclic) bond motifs is 1. The van der Waals surface area contributed by atoms with E-state index in [4.69, 9.17) is 4.42 Å². The van der Waals surface area contributed by atoms with Crippen LogP contribution in [0, 0.1) is 0 Å². The van der Waals surface area contributed by atoms with Gasteiger partial charge in [-0.2, -0.15) is 11.8 Å². The molecule has 0 saturated heterocycles. The van der Waals surface area contributed by atoms with Crippen LogP contribution in [0.3, 0.4) is 0 Å². The van der Waals surface area contributed by atoms with E-state index in [1.54, 1.807) is 23.9 Å². The van der Waals surface area contributed by atoms with Crippen LogP contribution in [-0.4, -0.2) is 29.4 Å². The Morgan fingerprint density at radius 3 is 2.80 bits per heavy atom. The monoisotopic (exact) mass is 354 g/mol. The second-order valence-electron chi connectivity index (χ2n) is 5.88. The van der Waals surface area contributed by atoms with Gasteiger partial charge < -0.3 is 9.73 Å². The number of carbonyl (C=O) groups excluding carboxylic acids is 1. The molecule has 0 fully saturated rings. The fourth-order valence-corrected chi connectivity index (χ4v) is 2.99. The Bertz CT molecular complexity index is 830. The Morgan fingerprint density at radius 2 is 2.00 bits per heavy atom. The summed E-state index contributed by atoms with van der Waals surface area (Å²) in [6, 6.07) is 15.8. The van der Waals surface area contributed by atoms with Crippen molar-refractivity contribution in [2.75, 3.05) is 18.6 Å². The maximum atomic E-state index is 12.1. The summed E-state index contributed by atoms with van der Waals surface area (Å²) in [7, 11) is 0. The highest BCUT2D eigenvalue weighted by molar-refractivity contribution is 7.98. The number of rotatable bonds is 8. The highest BCUT2D eigenvalue weighted by Gasteiger charge is 2.10. The maximum Gasteiger partial charge on any atom is 0.251 e. The Balaban J connectivity index is 1.61. The van der Waals surface area contributed by atoms with Gasteiger partial charge in [0.25, 0.3) is 5.91 Å². The molecule has 0 bridgehead atoms. The van der Waals surface area contributed by atoms with Crippen molar-refractivity contribution in [3.8, 4) is 0 Å². The van der Waals surface area contributed by atoms with E-state index in [0.717, 1.165) is 42.0 Å². The minimum atomic E-state index is -0.0652. The van der Waals surface area contributed by atoms with Gasteiger partial charge in [-0.3, -0.25) is 4.79 Å². The molecule has 1 aromatic heterocycles. The van der Waals surface area contributed by atoms with Gasteiger partial charge in [0.15, 0.2) is 11.5 Å². The number of thioether (sulfide) groups is 1. The number of oxazole rings is 1. The van der Waals surface area contributed by atoms with Crippen molar-refractivity contribution in [1.82, 2.24) is 10.3 Å². The topological polar surface area (TPSA) is 55.1 Å². The van der Waals surface area contributed by atoms with E-state index in [0.29, 0.717) is 12.1 Å². The molecule has 0 aliphatic carbocycles. The molecular weight excluding hydrogens is 332 g/mol. The first-order chi connectivity index (χ1) is 12.3. The standard InChI is InChI=1S/C20H22N2O2S/c1-25-13-12-21-20(23)16-10-11-18-17(14-16)22-19(24-18)9-5-8-15-6-3-2-4-7-15/h2-4,6-7,10-11,14H,5,8-9,12-13H2,1H3,(H,21,23). The Kier molecular flexibility index (Phi) is 6.12. The maximum absolute atomic E-state index is 12.1. The molecule has 3 aromatic rings. The molecule has 0 aliphatic heterocycles. The van der Waals surface area contributed by atoms with Gasteiger partial charge in [0.1, 0.15) is 5.52 Å². The normalized spacial score (nSPS) is 10.9. The average Bonchev–Trinajstić information content (AvgIpc) is 3.04. The molecule has 130 valence electrons. The van der Waals surface area contributed by atoms with Gasteiger partial charge in [0.05, 0.1) is 0 Å². The third-order valence-electron chi connectivity index (χ3n) is 3.98. The van der Waals surface area contributed by atoms with Crippen LogP contribution in [0.5, 0.6) is 0 Å². The van der Waals surface area contributed by atoms with Crippen LogP contribution in [-0.2, 0) is 12.8 Å². The summed E-state index contributed by atoms with van der Waals surface area (Å²) in [5.74, 6) is 1.57. The first-order valence-corrected chi connectivity index (χ1v) is 9.86. The van der Waals surface area contributed by atoms with Crippen LogP contribution in [0.2, 0.25) is 0 Å². The van der Waals surface area contributed by atoms with Crippen molar-refractivity contribution in [1.29, 1.82) is 0 Å². The number of amides is 1. The van der Waals surface area contributed by atoms with Crippen LogP contribution in [0.15, 0.2) is 52.9 Å². The van der Waals surface area contributed by atoms with Crippen molar-refractivity contribution < 1.29 is 9.21 Å². The first-order valence-electron chi connectivity index (χ1n) is 8.47. The zero-order chi connectivity index (χ0) is 17.5. The Hall–Kier alpha value is -2.27. The summed E-state index contributed by atoms with van der Waals surface area (Å²) in [4.78, 5) is 16.7. The number of hydrogen-bond acceptors (Lipinski definition) is 4. The predicted octanol–water partition coefficient (Wildman–Crippen LogP) is 4.10. The molecular formula is C20H22N2O2S. The molecule has 0 spiro atoms. The molecule has 0 unspecified atom stereocenters. The van der Waals surface area contributed by atoms with E-state index in [-0.39, 0.29) is 5.91 Å². The summed E-state index contributed by atoms with van der Waals surface area (Å²) in [5, 5.41) is 2.91. The number of aryl methyl sites for hydroxylation is 2. The second-order valence-corrected chi connectivity index (χ2v) is 6.86. The summed E-state index contributed by atoms with van der Waals surface area (Å²) in [6.07, 6.45) is 4.80. The highest BCUT2D eigenvalue weighted by atomic mass is 32.2. The van der Waals surface area contributed by atoms with E-state index in [2.05, 4.69) is 34.6 Å². The summed E-state index contributed by atoms with van der Waals surface area (Å²) < 4.78 is 5.79. The molecule has 5 heteroatoms. The third kappa shape index (κ3) is 4.86. The van der Waals surface area contributed by atoms with E-state index >= 15 is 0 Å². The number of nitrogens with one attached hydrogen (secondary N) is 1. The van der Waals surface area contributed by atoms with E-state index in [9.17, 15) is 4.79 Å². The van der Waals surface area contributed by atoms with Gasteiger partial charge in [0.2, 0.25) is 0 Å². The minimum Gasteiger partial charge on any atom is -0.441 e. The molecule has 0 radical (unpaired) electrons. The van der Waals surface area contributed by atoms with Crippen LogP contribution in [0.25, 0.3) is 11.1 Å². The quantitative estimate of drug-likeness (QED) is 0.619. The Morgan fingerprint density at radius 1 is 1.16 bits per heavy atom. The molecule has 0 aliphatic rings. The van der Waals surface area contributed by atoms with Gasteiger partial charge in [-0.15, -0.1) is 0 Å². The largest absolute Gasteiger partial charge is 0.441 e. The predicted molar refractivity (Wildman–Crippen MR) is 103 cm³/mol. The SMILES string of the molecule is CSCCNC(=O)c1ccc2oc(CCCc3ccccc3)nc2c1. The Labute approximate surface area is 152 Å². The van der Waals surface area contributed by atoms with E-state index in [1.165, 1.54) is 5.56 Å². The van der Waals surface area contributed by atoms with Gasteiger partial charge in [-0.25, -0.2) is 4.98 Å². The van der Waals surface area contributed by atoms with E-state index < -0.39 is 0 Å². The molecule has 3 rings (SSSR count). The van der Waals surface area contributed by atoms with Crippen molar-refractivity contribution in [3.63, 3.8) is 0 Å². The van der Waals surface area contributed by atoms with Crippen LogP contribution in [0.4, 0.5) is 0 Å². The molecule has 1 N–H and O–H groups in total. The first kappa shape index (κ1) is 17.5. The van der Waals surface area contributed by atoms with E-state index in [1.807, 2.05) is 18.4 Å². The average molecular weight is 354 g/mol. The number of benzene rings is 2. The lowest BCUT2D eigenvalue weighted by atomic mass is 10.1. The fourth-order valence-electron chi connectivity index (χ4n) is 2.68.